The molecule has 2 aromatic heterocycles. The standard InChI is InChI=1S/C17H20N2O2S/c1-2-3-4-8-18-10-11-9-13-15-12(6-5-7-14(15)20)16(21)19-17(13)22-11/h5-7,9,18,20H,2-4,8,10H2,1H3,(H,19,21). The molecule has 0 atom stereocenters. The highest BCUT2D eigenvalue weighted by Crippen LogP contribution is 2.33. The Bertz CT molecular complexity index is 851. The van der Waals surface area contributed by atoms with Crippen molar-refractivity contribution in [2.24, 2.45) is 0 Å². The van der Waals surface area contributed by atoms with E-state index in [4.69, 9.17) is 0 Å². The number of aromatic amines is 1. The minimum Gasteiger partial charge on any atom is -0.507 e. The summed E-state index contributed by atoms with van der Waals surface area (Å²) in [5.74, 6) is 0.161. The van der Waals surface area contributed by atoms with Gasteiger partial charge in [0.15, 0.2) is 0 Å². The van der Waals surface area contributed by atoms with Crippen molar-refractivity contribution in [1.29, 1.82) is 0 Å². The molecular formula is C17H20N2O2S. The Balaban J connectivity index is 1.93. The molecule has 0 aliphatic heterocycles. The normalized spacial score (nSPS) is 11.5. The lowest BCUT2D eigenvalue weighted by molar-refractivity contribution is 0.482. The van der Waals surface area contributed by atoms with Gasteiger partial charge in [0.05, 0.1) is 5.39 Å². The van der Waals surface area contributed by atoms with Crippen molar-refractivity contribution in [2.75, 3.05) is 6.54 Å². The summed E-state index contributed by atoms with van der Waals surface area (Å²) in [6.45, 7) is 3.99. The van der Waals surface area contributed by atoms with Gasteiger partial charge in [-0.3, -0.25) is 4.79 Å². The van der Waals surface area contributed by atoms with Crippen LogP contribution in [0.4, 0.5) is 0 Å². The summed E-state index contributed by atoms with van der Waals surface area (Å²) in [6.07, 6.45) is 3.64. The van der Waals surface area contributed by atoms with Crippen LogP contribution in [0.5, 0.6) is 5.75 Å². The number of thiophene rings is 1. The number of rotatable bonds is 6. The summed E-state index contributed by atoms with van der Waals surface area (Å²) in [5.41, 5.74) is -0.150. The van der Waals surface area contributed by atoms with E-state index in [1.165, 1.54) is 19.3 Å². The van der Waals surface area contributed by atoms with Crippen LogP contribution >= 0.6 is 11.3 Å². The smallest absolute Gasteiger partial charge is 0.257 e. The van der Waals surface area contributed by atoms with E-state index >= 15 is 0 Å². The van der Waals surface area contributed by atoms with Gasteiger partial charge in [-0.1, -0.05) is 25.8 Å². The first-order valence-electron chi connectivity index (χ1n) is 7.68. The third-order valence-corrected chi connectivity index (χ3v) is 4.87. The molecule has 116 valence electrons. The maximum absolute atomic E-state index is 12.1. The first kappa shape index (κ1) is 15.1. The van der Waals surface area contributed by atoms with Crippen LogP contribution in [0.2, 0.25) is 0 Å². The number of fused-ring (bicyclic) bond motifs is 3. The van der Waals surface area contributed by atoms with Crippen LogP contribution in [0, 0.1) is 0 Å². The molecule has 3 N–H and O–H groups in total. The zero-order chi connectivity index (χ0) is 15.5. The molecule has 5 heteroatoms. The zero-order valence-corrected chi connectivity index (χ0v) is 13.4. The van der Waals surface area contributed by atoms with Gasteiger partial charge in [-0.15, -0.1) is 11.3 Å². The molecule has 0 unspecified atom stereocenters. The number of aromatic nitrogens is 1. The number of aromatic hydroxyl groups is 1. The van der Waals surface area contributed by atoms with Crippen molar-refractivity contribution in [3.05, 3.63) is 39.5 Å². The van der Waals surface area contributed by atoms with Crippen LogP contribution in [-0.2, 0) is 6.54 Å². The highest BCUT2D eigenvalue weighted by molar-refractivity contribution is 7.18. The molecule has 3 rings (SSSR count). The van der Waals surface area contributed by atoms with Crippen molar-refractivity contribution in [2.45, 2.75) is 32.7 Å². The van der Waals surface area contributed by atoms with E-state index in [-0.39, 0.29) is 11.3 Å². The fourth-order valence-corrected chi connectivity index (χ4v) is 3.73. The molecule has 0 amide bonds. The summed E-state index contributed by atoms with van der Waals surface area (Å²) in [5, 5.41) is 15.6. The van der Waals surface area contributed by atoms with Crippen LogP contribution in [-0.4, -0.2) is 16.6 Å². The van der Waals surface area contributed by atoms with Crippen LogP contribution in [0.15, 0.2) is 29.1 Å². The maximum atomic E-state index is 12.1. The highest BCUT2D eigenvalue weighted by atomic mass is 32.1. The Morgan fingerprint density at radius 3 is 2.95 bits per heavy atom. The predicted molar refractivity (Wildman–Crippen MR) is 92.8 cm³/mol. The van der Waals surface area contributed by atoms with Crippen LogP contribution < -0.4 is 10.9 Å². The molecule has 22 heavy (non-hydrogen) atoms. The molecule has 0 bridgehead atoms. The molecule has 0 aliphatic carbocycles. The highest BCUT2D eigenvalue weighted by Gasteiger charge is 2.11. The van der Waals surface area contributed by atoms with Gasteiger partial charge in [-0.25, -0.2) is 0 Å². The fourth-order valence-electron chi connectivity index (χ4n) is 2.70. The second-order valence-corrected chi connectivity index (χ2v) is 6.63. The number of phenolic OH excluding ortho intramolecular Hbond substituents is 1. The molecule has 1 aromatic carbocycles. The van der Waals surface area contributed by atoms with Crippen molar-refractivity contribution in [3.8, 4) is 5.75 Å². The van der Waals surface area contributed by atoms with Crippen molar-refractivity contribution < 1.29 is 5.11 Å². The number of pyridine rings is 1. The van der Waals surface area contributed by atoms with Crippen LogP contribution in [0.25, 0.3) is 21.0 Å². The lowest BCUT2D eigenvalue weighted by Gasteiger charge is -2.01. The van der Waals surface area contributed by atoms with E-state index in [1.54, 1.807) is 29.5 Å². The molecule has 0 saturated heterocycles. The van der Waals surface area contributed by atoms with E-state index in [0.29, 0.717) is 10.8 Å². The van der Waals surface area contributed by atoms with Gasteiger partial charge >= 0.3 is 0 Å². The maximum Gasteiger partial charge on any atom is 0.257 e. The average molecular weight is 316 g/mol. The molecule has 3 aromatic rings. The molecule has 0 spiro atoms. The van der Waals surface area contributed by atoms with Crippen molar-refractivity contribution in [3.63, 3.8) is 0 Å². The third kappa shape index (κ3) is 2.87. The Labute approximate surface area is 132 Å². The van der Waals surface area contributed by atoms with E-state index in [9.17, 15) is 9.90 Å². The van der Waals surface area contributed by atoms with E-state index in [2.05, 4.69) is 23.3 Å². The first-order valence-corrected chi connectivity index (χ1v) is 8.49. The minimum atomic E-state index is -0.150. The van der Waals surface area contributed by atoms with Gasteiger partial charge in [0.1, 0.15) is 10.6 Å². The van der Waals surface area contributed by atoms with E-state index in [0.717, 1.165) is 28.2 Å². The second kappa shape index (κ2) is 6.50. The zero-order valence-electron chi connectivity index (χ0n) is 12.6. The summed E-state index contributed by atoms with van der Waals surface area (Å²) in [7, 11) is 0. The van der Waals surface area contributed by atoms with Crippen LogP contribution in [0.3, 0.4) is 0 Å². The number of H-pyrrole nitrogens is 1. The summed E-state index contributed by atoms with van der Waals surface area (Å²) in [6, 6.07) is 7.13. The Kier molecular flexibility index (Phi) is 4.45. The number of hydrogen-bond donors (Lipinski definition) is 3. The SMILES string of the molecule is CCCCCNCc1cc2c([nH]c(=O)c3cccc(O)c32)s1. The quantitative estimate of drug-likeness (QED) is 0.607. The molecule has 0 aliphatic rings. The van der Waals surface area contributed by atoms with Gasteiger partial charge in [0.2, 0.25) is 0 Å². The van der Waals surface area contributed by atoms with Gasteiger partial charge in [0, 0.05) is 22.2 Å². The lowest BCUT2D eigenvalue weighted by atomic mass is 10.1. The number of unbranched alkanes of at least 4 members (excludes halogenated alkanes) is 2. The number of benzene rings is 1. The van der Waals surface area contributed by atoms with Crippen LogP contribution in [0.1, 0.15) is 31.1 Å². The van der Waals surface area contributed by atoms with Gasteiger partial charge in [-0.05, 0) is 31.2 Å². The summed E-state index contributed by atoms with van der Waals surface area (Å²) < 4.78 is 0. The molecule has 0 saturated carbocycles. The van der Waals surface area contributed by atoms with Gasteiger partial charge < -0.3 is 15.4 Å². The Morgan fingerprint density at radius 2 is 2.14 bits per heavy atom. The molecule has 0 fully saturated rings. The molecule has 2 heterocycles. The summed E-state index contributed by atoms with van der Waals surface area (Å²) in [4.78, 5) is 17.0. The predicted octanol–water partition coefficient (Wildman–Crippen LogP) is 3.73. The number of phenols is 1. The Hall–Kier alpha value is -1.85. The molecular weight excluding hydrogens is 296 g/mol. The topological polar surface area (TPSA) is 65.1 Å². The van der Waals surface area contributed by atoms with Crippen molar-refractivity contribution in [1.82, 2.24) is 10.3 Å². The minimum absolute atomic E-state index is 0.150. The third-order valence-electron chi connectivity index (χ3n) is 3.82. The van der Waals surface area contributed by atoms with E-state index in [1.807, 2.05) is 0 Å². The average Bonchev–Trinajstić information content (AvgIpc) is 2.90. The second-order valence-electron chi connectivity index (χ2n) is 5.49. The largest absolute Gasteiger partial charge is 0.507 e. The molecule has 0 radical (unpaired) electrons. The van der Waals surface area contributed by atoms with Gasteiger partial charge in [0.25, 0.3) is 5.56 Å². The Morgan fingerprint density at radius 1 is 1.27 bits per heavy atom. The fraction of sp³-hybridized carbons (Fsp3) is 0.353. The monoisotopic (exact) mass is 316 g/mol. The number of hydrogen-bond acceptors (Lipinski definition) is 4. The van der Waals surface area contributed by atoms with E-state index < -0.39 is 0 Å². The van der Waals surface area contributed by atoms with Crippen molar-refractivity contribution >= 4 is 32.3 Å². The summed E-state index contributed by atoms with van der Waals surface area (Å²) >= 11 is 1.57. The molecule has 4 nitrogen and oxygen atoms in total. The number of nitrogens with one attached hydrogen (secondary N) is 2. The first-order chi connectivity index (χ1) is 10.7. The van der Waals surface area contributed by atoms with Gasteiger partial charge in [-0.2, -0.15) is 0 Å². The lowest BCUT2D eigenvalue weighted by Crippen LogP contribution is -2.13.